The van der Waals surface area contributed by atoms with Gasteiger partial charge < -0.3 is 14.1 Å². The molecule has 2 heterocycles. The van der Waals surface area contributed by atoms with Crippen LogP contribution in [0.2, 0.25) is 0 Å². The first-order chi connectivity index (χ1) is 14.4. The third-order valence-electron chi connectivity index (χ3n) is 5.89. The molecule has 4 aromatic rings. The molecule has 1 aliphatic rings. The van der Waals surface area contributed by atoms with Gasteiger partial charge in [-0.05, 0) is 25.5 Å². The van der Waals surface area contributed by atoms with E-state index in [2.05, 4.69) is 88.0 Å². The minimum atomic E-state index is -0.134. The van der Waals surface area contributed by atoms with Crippen molar-refractivity contribution in [3.8, 4) is 0 Å². The van der Waals surface area contributed by atoms with E-state index in [1.807, 2.05) is 18.2 Å². The molecule has 0 saturated carbocycles. The minimum absolute atomic E-state index is 0.0988. The lowest BCUT2D eigenvalue weighted by Crippen LogP contribution is -2.41. The van der Waals surface area contributed by atoms with Crippen LogP contribution in [0.4, 0.5) is 5.69 Å². The first-order valence-electron chi connectivity index (χ1n) is 10.5. The summed E-state index contributed by atoms with van der Waals surface area (Å²) < 4.78 is 13.0. The van der Waals surface area contributed by atoms with Crippen LogP contribution < -0.4 is 4.90 Å². The Morgan fingerprint density at radius 2 is 1.50 bits per heavy atom. The number of para-hydroxylation sites is 1. The van der Waals surface area contributed by atoms with Gasteiger partial charge >= 0.3 is 0 Å². The molecule has 30 heavy (non-hydrogen) atoms. The summed E-state index contributed by atoms with van der Waals surface area (Å²) in [4.78, 5) is 2.34. The van der Waals surface area contributed by atoms with Crippen molar-refractivity contribution in [3.05, 3.63) is 83.6 Å². The number of fused-ring (bicyclic) bond motifs is 3. The molecule has 0 saturated heterocycles. The number of allylic oxidation sites excluding steroid dienone is 1. The van der Waals surface area contributed by atoms with Gasteiger partial charge in [-0.3, -0.25) is 0 Å². The van der Waals surface area contributed by atoms with E-state index in [9.17, 15) is 0 Å². The Hall–Kier alpha value is -3.20. The van der Waals surface area contributed by atoms with Gasteiger partial charge in [0.25, 0.3) is 0 Å². The maximum atomic E-state index is 6.63. The molecule has 1 unspecified atom stereocenters. The minimum Gasteiger partial charge on any atom is -0.467 e. The van der Waals surface area contributed by atoms with E-state index in [1.165, 1.54) is 5.56 Å². The Kier molecular flexibility index (Phi) is 4.18. The summed E-state index contributed by atoms with van der Waals surface area (Å²) in [6.45, 7) is 11.0. The number of benzene rings is 3. The van der Waals surface area contributed by atoms with Crippen molar-refractivity contribution >= 4 is 33.4 Å². The Morgan fingerprint density at radius 3 is 2.23 bits per heavy atom. The number of anilines is 1. The molecule has 0 spiro atoms. The number of furan rings is 1. The molecule has 3 aromatic carbocycles. The average Bonchev–Trinajstić information content (AvgIpc) is 3.26. The zero-order valence-electron chi connectivity index (χ0n) is 18.2. The first kappa shape index (κ1) is 18.8. The van der Waals surface area contributed by atoms with Crippen LogP contribution in [0, 0.1) is 12.3 Å². The number of rotatable bonds is 2. The number of aryl methyl sites for hydroxylation is 1. The molecule has 1 aliphatic heterocycles. The fourth-order valence-corrected chi connectivity index (χ4v) is 4.42. The maximum Gasteiger partial charge on any atom is 0.181 e. The van der Waals surface area contributed by atoms with Crippen LogP contribution in [-0.4, -0.2) is 6.23 Å². The molecule has 3 heteroatoms. The Labute approximate surface area is 177 Å². The molecule has 0 fully saturated rings. The lowest BCUT2D eigenvalue weighted by molar-refractivity contribution is 0.0807. The van der Waals surface area contributed by atoms with E-state index in [0.29, 0.717) is 0 Å². The quantitative estimate of drug-likeness (QED) is 0.350. The lowest BCUT2D eigenvalue weighted by atomic mass is 9.92. The van der Waals surface area contributed by atoms with Gasteiger partial charge in [-0.1, -0.05) is 81.4 Å². The lowest BCUT2D eigenvalue weighted by Gasteiger charge is -2.36. The summed E-state index contributed by atoms with van der Waals surface area (Å²) in [5, 5.41) is 2.28. The average molecular weight is 398 g/mol. The highest BCUT2D eigenvalue weighted by molar-refractivity contribution is 6.10. The predicted molar refractivity (Wildman–Crippen MR) is 124 cm³/mol. The van der Waals surface area contributed by atoms with Gasteiger partial charge in [0.05, 0.1) is 11.4 Å². The molecule has 3 nitrogen and oxygen atoms in total. The smallest absolute Gasteiger partial charge is 0.181 e. The predicted octanol–water partition coefficient (Wildman–Crippen LogP) is 7.49. The third kappa shape index (κ3) is 2.80. The van der Waals surface area contributed by atoms with Crippen molar-refractivity contribution in [2.75, 3.05) is 4.90 Å². The highest BCUT2D eigenvalue weighted by Crippen LogP contribution is 2.47. The van der Waals surface area contributed by atoms with Crippen LogP contribution in [-0.2, 0) is 4.74 Å². The van der Waals surface area contributed by atoms with Crippen molar-refractivity contribution in [3.63, 3.8) is 0 Å². The van der Waals surface area contributed by atoms with Crippen molar-refractivity contribution < 1.29 is 9.15 Å². The van der Waals surface area contributed by atoms with Crippen LogP contribution in [0.1, 0.15) is 38.8 Å². The number of nitrogens with zero attached hydrogens (tertiary/aromatic N) is 1. The maximum absolute atomic E-state index is 6.63. The number of hydrogen-bond donors (Lipinski definition) is 0. The van der Waals surface area contributed by atoms with E-state index in [0.717, 1.165) is 44.6 Å². The summed E-state index contributed by atoms with van der Waals surface area (Å²) in [5.74, 6) is 0.933. The summed E-state index contributed by atoms with van der Waals surface area (Å²) >= 11 is 0. The SMILES string of the molecule is CC1=C(c2ccccc2)OC(C(C)(C)C)N1c1c(C)ccc2c1oc1ccccc12. The molecule has 1 aromatic heterocycles. The van der Waals surface area contributed by atoms with Crippen molar-refractivity contribution in [2.24, 2.45) is 5.41 Å². The fraction of sp³-hybridized carbons (Fsp3) is 0.259. The number of hydrogen-bond acceptors (Lipinski definition) is 3. The van der Waals surface area contributed by atoms with Gasteiger partial charge in [-0.2, -0.15) is 0 Å². The zero-order valence-corrected chi connectivity index (χ0v) is 18.2. The Balaban J connectivity index is 1.79. The van der Waals surface area contributed by atoms with Crippen LogP contribution in [0.15, 0.2) is 76.8 Å². The standard InChI is InChI=1S/C27H27NO2/c1-17-15-16-21-20-13-9-10-14-22(20)29-25(21)23(17)28-18(2)24(19-11-7-6-8-12-19)30-26(28)27(3,4)5/h6-16,26H,1-5H3. The largest absolute Gasteiger partial charge is 0.467 e. The monoisotopic (exact) mass is 397 g/mol. The normalized spacial score (nSPS) is 17.2. The molecule has 0 bridgehead atoms. The molecule has 5 rings (SSSR count). The van der Waals surface area contributed by atoms with Crippen molar-refractivity contribution in [2.45, 2.75) is 40.8 Å². The van der Waals surface area contributed by atoms with Gasteiger partial charge in [-0.15, -0.1) is 0 Å². The van der Waals surface area contributed by atoms with Gasteiger partial charge in [0.2, 0.25) is 0 Å². The van der Waals surface area contributed by atoms with E-state index in [4.69, 9.17) is 9.15 Å². The molecule has 0 aliphatic carbocycles. The molecule has 152 valence electrons. The van der Waals surface area contributed by atoms with E-state index < -0.39 is 0 Å². The van der Waals surface area contributed by atoms with Crippen LogP contribution in [0.3, 0.4) is 0 Å². The topological polar surface area (TPSA) is 25.6 Å². The third-order valence-corrected chi connectivity index (χ3v) is 5.89. The van der Waals surface area contributed by atoms with Gasteiger partial charge in [-0.25, -0.2) is 0 Å². The second kappa shape index (κ2) is 6.66. The molecular formula is C27H27NO2. The highest BCUT2D eigenvalue weighted by atomic mass is 16.5. The summed E-state index contributed by atoms with van der Waals surface area (Å²) in [7, 11) is 0. The van der Waals surface area contributed by atoms with Crippen LogP contribution >= 0.6 is 0 Å². The molecule has 0 radical (unpaired) electrons. The summed E-state index contributed by atoms with van der Waals surface area (Å²) in [6.07, 6.45) is -0.134. The highest BCUT2D eigenvalue weighted by Gasteiger charge is 2.42. The molecular weight excluding hydrogens is 370 g/mol. The van der Waals surface area contributed by atoms with Crippen molar-refractivity contribution in [1.29, 1.82) is 0 Å². The van der Waals surface area contributed by atoms with Crippen molar-refractivity contribution in [1.82, 2.24) is 0 Å². The van der Waals surface area contributed by atoms with E-state index in [-0.39, 0.29) is 11.6 Å². The second-order valence-corrected chi connectivity index (χ2v) is 9.19. The van der Waals surface area contributed by atoms with Crippen LogP contribution in [0.25, 0.3) is 27.7 Å². The summed E-state index contributed by atoms with van der Waals surface area (Å²) in [6, 6.07) is 23.0. The first-order valence-corrected chi connectivity index (χ1v) is 10.5. The van der Waals surface area contributed by atoms with Crippen LogP contribution in [0.5, 0.6) is 0 Å². The Bertz CT molecular complexity index is 1270. The fourth-order valence-electron chi connectivity index (χ4n) is 4.42. The van der Waals surface area contributed by atoms with Gasteiger partial charge in [0.1, 0.15) is 11.3 Å². The number of ether oxygens (including phenoxy) is 1. The van der Waals surface area contributed by atoms with E-state index >= 15 is 0 Å². The molecule has 1 atom stereocenters. The second-order valence-electron chi connectivity index (χ2n) is 9.19. The molecule has 0 amide bonds. The van der Waals surface area contributed by atoms with Gasteiger partial charge in [0, 0.05) is 21.8 Å². The zero-order chi connectivity index (χ0) is 21.0. The van der Waals surface area contributed by atoms with Gasteiger partial charge in [0.15, 0.2) is 11.8 Å². The molecule has 0 N–H and O–H groups in total. The van der Waals surface area contributed by atoms with E-state index in [1.54, 1.807) is 0 Å². The Morgan fingerprint density at radius 1 is 0.800 bits per heavy atom. The summed E-state index contributed by atoms with van der Waals surface area (Å²) in [5.41, 5.74) is 6.20.